The molecule has 2 aromatic carbocycles. The predicted octanol–water partition coefficient (Wildman–Crippen LogP) is 5.20. The molecule has 2 aromatic rings. The van der Waals surface area contributed by atoms with E-state index in [-0.39, 0.29) is 10.9 Å². The largest absolute Gasteiger partial charge is 0.462 e. The number of ether oxygens (including phenoxy) is 1. The minimum atomic E-state index is -0.413. The van der Waals surface area contributed by atoms with Crippen molar-refractivity contribution in [1.29, 1.82) is 0 Å². The topological polar surface area (TPSA) is 55.4 Å². The average Bonchev–Trinajstić information content (AvgIpc) is 2.55. The third-order valence-corrected chi connectivity index (χ3v) is 3.81. The first-order valence-electron chi connectivity index (χ1n) is 7.55. The van der Waals surface area contributed by atoms with Gasteiger partial charge in [-0.3, -0.25) is 4.79 Å². The lowest BCUT2D eigenvalue weighted by Crippen LogP contribution is -2.13. The molecule has 4 nitrogen and oxygen atoms in total. The zero-order valence-corrected chi connectivity index (χ0v) is 14.7. The van der Waals surface area contributed by atoms with Gasteiger partial charge in [-0.25, -0.2) is 4.79 Å². The van der Waals surface area contributed by atoms with Gasteiger partial charge in [0, 0.05) is 10.7 Å². The Morgan fingerprint density at radius 3 is 2.62 bits per heavy atom. The maximum absolute atomic E-state index is 12.3. The van der Waals surface area contributed by atoms with Gasteiger partial charge in [0.05, 0.1) is 22.8 Å². The number of hydrogen-bond donors (Lipinski definition) is 1. The maximum atomic E-state index is 12.3. The molecule has 0 saturated carbocycles. The van der Waals surface area contributed by atoms with E-state index in [1.54, 1.807) is 36.4 Å². The van der Waals surface area contributed by atoms with Crippen molar-refractivity contribution < 1.29 is 14.3 Å². The van der Waals surface area contributed by atoms with Gasteiger partial charge in [0.15, 0.2) is 0 Å². The first kappa shape index (κ1) is 18.3. The highest BCUT2D eigenvalue weighted by molar-refractivity contribution is 6.37. The summed E-state index contributed by atoms with van der Waals surface area (Å²) in [5.74, 6) is -0.794. The smallest absolute Gasteiger partial charge is 0.338 e. The zero-order chi connectivity index (χ0) is 17.5. The third-order valence-electron chi connectivity index (χ3n) is 3.26. The van der Waals surface area contributed by atoms with Crippen molar-refractivity contribution in [2.45, 2.75) is 19.8 Å². The van der Waals surface area contributed by atoms with Crippen molar-refractivity contribution in [3.8, 4) is 0 Å². The fourth-order valence-corrected chi connectivity index (χ4v) is 2.48. The van der Waals surface area contributed by atoms with Gasteiger partial charge in [-0.15, -0.1) is 0 Å². The molecule has 0 aliphatic heterocycles. The first-order valence-corrected chi connectivity index (χ1v) is 8.30. The second kappa shape index (κ2) is 8.71. The van der Waals surface area contributed by atoms with E-state index in [4.69, 9.17) is 27.9 Å². The summed E-state index contributed by atoms with van der Waals surface area (Å²) in [6, 6.07) is 11.2. The molecule has 1 amide bonds. The molecule has 0 fully saturated rings. The molecule has 2 rings (SSSR count). The average molecular weight is 366 g/mol. The summed E-state index contributed by atoms with van der Waals surface area (Å²) in [6.07, 6.45) is 1.77. The van der Waals surface area contributed by atoms with Crippen LogP contribution in [-0.2, 0) is 4.74 Å². The van der Waals surface area contributed by atoms with Crippen molar-refractivity contribution in [2.24, 2.45) is 0 Å². The van der Waals surface area contributed by atoms with Gasteiger partial charge in [-0.1, -0.05) is 42.6 Å². The zero-order valence-electron chi connectivity index (χ0n) is 13.1. The van der Waals surface area contributed by atoms with Crippen molar-refractivity contribution in [3.63, 3.8) is 0 Å². The van der Waals surface area contributed by atoms with Gasteiger partial charge in [-0.2, -0.15) is 0 Å². The number of carbonyl (C=O) groups excluding carboxylic acids is 2. The molecule has 1 N–H and O–H groups in total. The van der Waals surface area contributed by atoms with Gasteiger partial charge in [-0.05, 0) is 42.8 Å². The Morgan fingerprint density at radius 2 is 1.92 bits per heavy atom. The Balaban J connectivity index is 2.08. The number of nitrogens with one attached hydrogen (secondary N) is 1. The SMILES string of the molecule is CCCCOC(=O)c1cccc(NC(=O)c2ccc(Cl)cc2Cl)c1. The van der Waals surface area contributed by atoms with Crippen LogP contribution in [0, 0.1) is 0 Å². The fourth-order valence-electron chi connectivity index (χ4n) is 1.99. The predicted molar refractivity (Wildman–Crippen MR) is 96.0 cm³/mol. The van der Waals surface area contributed by atoms with Crippen LogP contribution < -0.4 is 5.32 Å². The van der Waals surface area contributed by atoms with E-state index in [0.29, 0.717) is 28.4 Å². The van der Waals surface area contributed by atoms with E-state index >= 15 is 0 Å². The van der Waals surface area contributed by atoms with Crippen molar-refractivity contribution in [3.05, 3.63) is 63.6 Å². The number of esters is 1. The quantitative estimate of drug-likeness (QED) is 0.565. The van der Waals surface area contributed by atoms with Crippen LogP contribution in [-0.4, -0.2) is 18.5 Å². The van der Waals surface area contributed by atoms with E-state index in [9.17, 15) is 9.59 Å². The number of benzene rings is 2. The summed E-state index contributed by atoms with van der Waals surface area (Å²) >= 11 is 11.8. The second-order valence-corrected chi connectivity index (χ2v) is 5.99. The molecule has 0 heterocycles. The van der Waals surface area contributed by atoms with Crippen LogP contribution in [0.1, 0.15) is 40.5 Å². The Bertz CT molecular complexity index is 747. The van der Waals surface area contributed by atoms with E-state index in [1.165, 1.54) is 6.07 Å². The summed E-state index contributed by atoms with van der Waals surface area (Å²) in [6.45, 7) is 2.40. The van der Waals surface area contributed by atoms with Crippen LogP contribution in [0.4, 0.5) is 5.69 Å². The first-order chi connectivity index (χ1) is 11.5. The minimum Gasteiger partial charge on any atom is -0.462 e. The standard InChI is InChI=1S/C18H17Cl2NO3/c1-2-3-9-24-18(23)12-5-4-6-14(10-12)21-17(22)15-8-7-13(19)11-16(15)20/h4-8,10-11H,2-3,9H2,1H3,(H,21,22). The number of halogens is 2. The van der Waals surface area contributed by atoms with Crippen molar-refractivity contribution >= 4 is 40.8 Å². The highest BCUT2D eigenvalue weighted by atomic mass is 35.5. The molecule has 0 aliphatic rings. The van der Waals surface area contributed by atoms with E-state index < -0.39 is 5.97 Å². The number of anilines is 1. The Hall–Kier alpha value is -2.04. The Labute approximate surface area is 150 Å². The third kappa shape index (κ3) is 4.98. The monoisotopic (exact) mass is 365 g/mol. The molecule has 6 heteroatoms. The number of rotatable bonds is 6. The maximum Gasteiger partial charge on any atom is 0.338 e. The van der Waals surface area contributed by atoms with Gasteiger partial charge >= 0.3 is 5.97 Å². The van der Waals surface area contributed by atoms with Crippen LogP contribution in [0.2, 0.25) is 10.0 Å². The molecule has 24 heavy (non-hydrogen) atoms. The number of unbranched alkanes of at least 4 members (excludes halogenated alkanes) is 1. The molecule has 0 aliphatic carbocycles. The lowest BCUT2D eigenvalue weighted by atomic mass is 10.1. The molecule has 0 radical (unpaired) electrons. The summed E-state index contributed by atoms with van der Waals surface area (Å²) in [7, 11) is 0. The molecule has 0 saturated heterocycles. The fraction of sp³-hybridized carbons (Fsp3) is 0.222. The van der Waals surface area contributed by atoms with Crippen LogP contribution in [0.5, 0.6) is 0 Å². The van der Waals surface area contributed by atoms with Gasteiger partial charge < -0.3 is 10.1 Å². The van der Waals surface area contributed by atoms with E-state index in [2.05, 4.69) is 5.32 Å². The summed E-state index contributed by atoms with van der Waals surface area (Å²) in [5, 5.41) is 3.42. The van der Waals surface area contributed by atoms with Crippen LogP contribution in [0.3, 0.4) is 0 Å². The number of carbonyl (C=O) groups is 2. The van der Waals surface area contributed by atoms with Crippen LogP contribution >= 0.6 is 23.2 Å². The molecule has 0 aromatic heterocycles. The molecule has 0 atom stereocenters. The number of hydrogen-bond acceptors (Lipinski definition) is 3. The lowest BCUT2D eigenvalue weighted by molar-refractivity contribution is 0.0499. The van der Waals surface area contributed by atoms with Gasteiger partial charge in [0.2, 0.25) is 0 Å². The normalized spacial score (nSPS) is 10.3. The molecular weight excluding hydrogens is 349 g/mol. The van der Waals surface area contributed by atoms with E-state index in [1.807, 2.05) is 6.92 Å². The van der Waals surface area contributed by atoms with Gasteiger partial charge in [0.25, 0.3) is 5.91 Å². The van der Waals surface area contributed by atoms with Gasteiger partial charge in [0.1, 0.15) is 0 Å². The number of amides is 1. The van der Waals surface area contributed by atoms with Crippen molar-refractivity contribution in [2.75, 3.05) is 11.9 Å². The van der Waals surface area contributed by atoms with Crippen LogP contribution in [0.15, 0.2) is 42.5 Å². The summed E-state index contributed by atoms with van der Waals surface area (Å²) in [4.78, 5) is 24.2. The molecule has 0 unspecified atom stereocenters. The highest BCUT2D eigenvalue weighted by Crippen LogP contribution is 2.22. The molecule has 126 valence electrons. The van der Waals surface area contributed by atoms with Crippen molar-refractivity contribution in [1.82, 2.24) is 0 Å². The lowest BCUT2D eigenvalue weighted by Gasteiger charge is -2.09. The summed E-state index contributed by atoms with van der Waals surface area (Å²) < 4.78 is 5.16. The molecule has 0 bridgehead atoms. The van der Waals surface area contributed by atoms with E-state index in [0.717, 1.165) is 12.8 Å². The molecule has 0 spiro atoms. The Kier molecular flexibility index (Phi) is 6.64. The van der Waals surface area contributed by atoms with Crippen LogP contribution in [0.25, 0.3) is 0 Å². The second-order valence-electron chi connectivity index (χ2n) is 5.15. The molecular formula is C18H17Cl2NO3. The minimum absolute atomic E-state index is 0.259. The highest BCUT2D eigenvalue weighted by Gasteiger charge is 2.13. The Morgan fingerprint density at radius 1 is 1.12 bits per heavy atom. The summed E-state index contributed by atoms with van der Waals surface area (Å²) in [5.41, 5.74) is 1.17.